The van der Waals surface area contributed by atoms with E-state index < -0.39 is 5.97 Å². The summed E-state index contributed by atoms with van der Waals surface area (Å²) in [6, 6.07) is 4.37. The first-order chi connectivity index (χ1) is 9.10. The lowest BCUT2D eigenvalue weighted by atomic mass is 9.99. The molecule has 0 aliphatic carbocycles. The predicted molar refractivity (Wildman–Crippen MR) is 69.6 cm³/mol. The van der Waals surface area contributed by atoms with Crippen molar-refractivity contribution in [3.05, 3.63) is 23.8 Å². The summed E-state index contributed by atoms with van der Waals surface area (Å²) in [4.78, 5) is 22.7. The lowest BCUT2D eigenvalue weighted by Crippen LogP contribution is -2.43. The van der Waals surface area contributed by atoms with Gasteiger partial charge in [-0.25, -0.2) is 4.79 Å². The number of methoxy groups -OCH3 is 1. The summed E-state index contributed by atoms with van der Waals surface area (Å²) in [7, 11) is 1.47. The second-order valence-electron chi connectivity index (χ2n) is 4.50. The molecule has 1 aliphatic heterocycles. The maximum atomic E-state index is 11.8. The van der Waals surface area contributed by atoms with Gasteiger partial charge in [-0.15, -0.1) is 0 Å². The molecule has 2 rings (SSSR count). The Bertz CT molecular complexity index is 497. The van der Waals surface area contributed by atoms with Crippen molar-refractivity contribution in [3.63, 3.8) is 0 Å². The molecule has 1 saturated heterocycles. The molecule has 6 heteroatoms. The van der Waals surface area contributed by atoms with E-state index in [2.05, 4.69) is 10.6 Å². The lowest BCUT2D eigenvalue weighted by Gasteiger charge is -2.26. The van der Waals surface area contributed by atoms with Gasteiger partial charge in [0.15, 0.2) is 0 Å². The Hall–Kier alpha value is -2.08. The van der Waals surface area contributed by atoms with Crippen molar-refractivity contribution in [1.29, 1.82) is 0 Å². The van der Waals surface area contributed by atoms with Gasteiger partial charge in [-0.1, -0.05) is 0 Å². The Morgan fingerprint density at radius 3 is 2.74 bits per heavy atom. The Labute approximate surface area is 110 Å². The van der Waals surface area contributed by atoms with Crippen LogP contribution in [0.5, 0.6) is 5.75 Å². The molecule has 1 heterocycles. The van der Waals surface area contributed by atoms with Crippen LogP contribution in [0.3, 0.4) is 0 Å². The van der Waals surface area contributed by atoms with Gasteiger partial charge in [0.2, 0.25) is 5.91 Å². The van der Waals surface area contributed by atoms with Crippen molar-refractivity contribution in [2.24, 2.45) is 5.92 Å². The van der Waals surface area contributed by atoms with Gasteiger partial charge in [-0.05, 0) is 37.2 Å². The molecule has 0 radical (unpaired) electrons. The average molecular weight is 264 g/mol. The quantitative estimate of drug-likeness (QED) is 0.736. The van der Waals surface area contributed by atoms with E-state index in [0.717, 1.165) is 13.1 Å². The van der Waals surface area contributed by atoms with E-state index in [4.69, 9.17) is 9.84 Å². The number of anilines is 1. The van der Waals surface area contributed by atoms with E-state index in [9.17, 15) is 9.59 Å². The second kappa shape index (κ2) is 5.71. The van der Waals surface area contributed by atoms with Crippen LogP contribution in [0, 0.1) is 5.92 Å². The van der Waals surface area contributed by atoms with Gasteiger partial charge in [0, 0.05) is 6.42 Å². The molecule has 0 atom stereocenters. The van der Waals surface area contributed by atoms with Crippen LogP contribution >= 0.6 is 0 Å². The molecule has 0 bridgehead atoms. The van der Waals surface area contributed by atoms with E-state index in [1.807, 2.05) is 0 Å². The number of benzene rings is 1. The molecule has 102 valence electrons. The van der Waals surface area contributed by atoms with Crippen molar-refractivity contribution in [2.75, 3.05) is 25.5 Å². The number of rotatable bonds is 5. The van der Waals surface area contributed by atoms with E-state index in [1.165, 1.54) is 25.3 Å². The lowest BCUT2D eigenvalue weighted by molar-refractivity contribution is -0.117. The highest BCUT2D eigenvalue weighted by Gasteiger charge is 2.21. The zero-order valence-corrected chi connectivity index (χ0v) is 10.6. The third-order valence-corrected chi connectivity index (χ3v) is 3.06. The fourth-order valence-corrected chi connectivity index (χ4v) is 1.89. The van der Waals surface area contributed by atoms with Crippen LogP contribution in [0.25, 0.3) is 0 Å². The van der Waals surface area contributed by atoms with Crippen LogP contribution in [0.2, 0.25) is 0 Å². The molecule has 1 fully saturated rings. The molecule has 0 spiro atoms. The second-order valence-corrected chi connectivity index (χ2v) is 4.50. The average Bonchev–Trinajstić information content (AvgIpc) is 2.33. The van der Waals surface area contributed by atoms with Crippen molar-refractivity contribution < 1.29 is 19.4 Å². The van der Waals surface area contributed by atoms with Gasteiger partial charge < -0.3 is 20.5 Å². The van der Waals surface area contributed by atoms with Crippen LogP contribution in [-0.2, 0) is 4.79 Å². The number of hydrogen-bond acceptors (Lipinski definition) is 4. The van der Waals surface area contributed by atoms with Crippen molar-refractivity contribution in [3.8, 4) is 5.75 Å². The molecule has 6 nitrogen and oxygen atoms in total. The summed E-state index contributed by atoms with van der Waals surface area (Å²) in [6.45, 7) is 1.69. The SMILES string of the molecule is COc1ccc(C(=O)O)cc1NC(=O)CC1CNC1. The standard InChI is InChI=1S/C13H16N2O4/c1-19-11-3-2-9(13(17)18)5-10(11)15-12(16)4-8-6-14-7-8/h2-3,5,8,14H,4,6-7H2,1H3,(H,15,16)(H,17,18). The van der Waals surface area contributed by atoms with E-state index in [-0.39, 0.29) is 11.5 Å². The highest BCUT2D eigenvalue weighted by atomic mass is 16.5. The van der Waals surface area contributed by atoms with E-state index in [1.54, 1.807) is 0 Å². The molecule has 0 unspecified atom stereocenters. The number of carbonyl (C=O) groups is 2. The number of hydrogen-bond donors (Lipinski definition) is 3. The molecule has 1 aromatic carbocycles. The first-order valence-corrected chi connectivity index (χ1v) is 6.02. The minimum Gasteiger partial charge on any atom is -0.495 e. The summed E-state index contributed by atoms with van der Waals surface area (Å²) < 4.78 is 5.11. The smallest absolute Gasteiger partial charge is 0.335 e. The van der Waals surface area contributed by atoms with Crippen LogP contribution < -0.4 is 15.4 Å². The fraction of sp³-hybridized carbons (Fsp3) is 0.385. The predicted octanol–water partition coefficient (Wildman–Crippen LogP) is 0.941. The van der Waals surface area contributed by atoms with Gasteiger partial charge in [0.05, 0.1) is 18.4 Å². The maximum absolute atomic E-state index is 11.8. The largest absolute Gasteiger partial charge is 0.495 e. The number of carboxylic acids is 1. The van der Waals surface area contributed by atoms with E-state index in [0.29, 0.717) is 23.8 Å². The van der Waals surface area contributed by atoms with Crippen LogP contribution in [0.4, 0.5) is 5.69 Å². The Morgan fingerprint density at radius 1 is 1.47 bits per heavy atom. The zero-order valence-electron chi connectivity index (χ0n) is 10.6. The molecular weight excluding hydrogens is 248 g/mol. The maximum Gasteiger partial charge on any atom is 0.335 e. The highest BCUT2D eigenvalue weighted by molar-refractivity contribution is 5.95. The molecule has 19 heavy (non-hydrogen) atoms. The Kier molecular flexibility index (Phi) is 4.01. The number of amides is 1. The zero-order chi connectivity index (χ0) is 13.8. The van der Waals surface area contributed by atoms with Gasteiger partial charge in [0.1, 0.15) is 5.75 Å². The third kappa shape index (κ3) is 3.23. The van der Waals surface area contributed by atoms with Gasteiger partial charge in [-0.3, -0.25) is 4.79 Å². The Morgan fingerprint density at radius 2 is 2.21 bits per heavy atom. The van der Waals surface area contributed by atoms with Crippen LogP contribution in [0.15, 0.2) is 18.2 Å². The summed E-state index contributed by atoms with van der Waals surface area (Å²) in [5, 5.41) is 14.7. The third-order valence-electron chi connectivity index (χ3n) is 3.06. The normalized spacial score (nSPS) is 14.6. The minimum absolute atomic E-state index is 0.112. The Balaban J connectivity index is 2.09. The first-order valence-electron chi connectivity index (χ1n) is 6.02. The number of carboxylic acid groups (broad SMARTS) is 1. The fourth-order valence-electron chi connectivity index (χ4n) is 1.89. The molecule has 0 aromatic heterocycles. The highest BCUT2D eigenvalue weighted by Crippen LogP contribution is 2.26. The topological polar surface area (TPSA) is 87.7 Å². The van der Waals surface area contributed by atoms with E-state index >= 15 is 0 Å². The number of nitrogens with one attached hydrogen (secondary N) is 2. The van der Waals surface area contributed by atoms with Gasteiger partial charge in [0.25, 0.3) is 0 Å². The molecule has 1 aliphatic rings. The van der Waals surface area contributed by atoms with Crippen molar-refractivity contribution in [2.45, 2.75) is 6.42 Å². The van der Waals surface area contributed by atoms with Gasteiger partial charge >= 0.3 is 5.97 Å². The molecular formula is C13H16N2O4. The van der Waals surface area contributed by atoms with Gasteiger partial charge in [-0.2, -0.15) is 0 Å². The van der Waals surface area contributed by atoms with Crippen LogP contribution in [0.1, 0.15) is 16.8 Å². The van der Waals surface area contributed by atoms with Crippen molar-refractivity contribution in [1.82, 2.24) is 5.32 Å². The summed E-state index contributed by atoms with van der Waals surface area (Å²) >= 11 is 0. The molecule has 1 amide bonds. The molecule has 1 aromatic rings. The molecule has 3 N–H and O–H groups in total. The summed E-state index contributed by atoms with van der Waals surface area (Å²) in [5.74, 6) is -0.368. The molecule has 0 saturated carbocycles. The minimum atomic E-state index is -1.04. The number of ether oxygens (including phenoxy) is 1. The number of carbonyl (C=O) groups excluding carboxylic acids is 1. The summed E-state index contributed by atoms with van der Waals surface area (Å²) in [6.07, 6.45) is 0.424. The number of aromatic carboxylic acids is 1. The van der Waals surface area contributed by atoms with Crippen molar-refractivity contribution >= 4 is 17.6 Å². The monoisotopic (exact) mass is 264 g/mol. The summed E-state index contributed by atoms with van der Waals surface area (Å²) in [5.41, 5.74) is 0.501. The first kappa shape index (κ1) is 13.4. The van der Waals surface area contributed by atoms with Crippen LogP contribution in [-0.4, -0.2) is 37.2 Å².